The van der Waals surface area contributed by atoms with Crippen LogP contribution in [0.3, 0.4) is 0 Å². The van der Waals surface area contributed by atoms with Gasteiger partial charge in [-0.25, -0.2) is 4.98 Å². The Morgan fingerprint density at radius 1 is 1.16 bits per heavy atom. The Morgan fingerprint density at radius 3 is 2.58 bits per heavy atom. The summed E-state index contributed by atoms with van der Waals surface area (Å²) in [5.74, 6) is 2.88. The first-order valence-electron chi connectivity index (χ1n) is 11.6. The molecule has 1 atom stereocenters. The number of aliphatic imine (C=N–C) groups is 1. The Balaban J connectivity index is 1.55. The minimum absolute atomic E-state index is 0.299. The van der Waals surface area contributed by atoms with Crippen molar-refractivity contribution in [3.8, 4) is 5.75 Å². The van der Waals surface area contributed by atoms with Crippen molar-refractivity contribution in [2.24, 2.45) is 4.99 Å². The van der Waals surface area contributed by atoms with Crippen LogP contribution >= 0.6 is 0 Å². The largest absolute Gasteiger partial charge is 0.497 e. The predicted octanol–water partition coefficient (Wildman–Crippen LogP) is 3.37. The van der Waals surface area contributed by atoms with Gasteiger partial charge in [0.15, 0.2) is 5.96 Å². The molecular formula is C24H38N6O. The van der Waals surface area contributed by atoms with E-state index in [4.69, 9.17) is 9.73 Å². The Bertz CT molecular complexity index is 795. The minimum atomic E-state index is 0.299. The van der Waals surface area contributed by atoms with E-state index in [1.807, 2.05) is 31.5 Å². The number of unbranched alkanes of at least 4 members (excludes halogenated alkanes) is 1. The summed E-state index contributed by atoms with van der Waals surface area (Å²) >= 11 is 0. The van der Waals surface area contributed by atoms with Gasteiger partial charge in [0.1, 0.15) is 11.6 Å². The average molecular weight is 427 g/mol. The van der Waals surface area contributed by atoms with Crippen LogP contribution in [0.5, 0.6) is 5.75 Å². The molecule has 2 aromatic rings. The Morgan fingerprint density at radius 2 is 1.94 bits per heavy atom. The van der Waals surface area contributed by atoms with Gasteiger partial charge < -0.3 is 19.9 Å². The molecule has 2 heterocycles. The summed E-state index contributed by atoms with van der Waals surface area (Å²) in [6.07, 6.45) is 8.66. The Kier molecular flexibility index (Phi) is 9.21. The molecule has 1 aliphatic rings. The fraction of sp³-hybridized carbons (Fsp3) is 0.583. The zero-order chi connectivity index (χ0) is 21.9. The van der Waals surface area contributed by atoms with Gasteiger partial charge in [-0.2, -0.15) is 0 Å². The summed E-state index contributed by atoms with van der Waals surface area (Å²) in [5, 5.41) is 6.90. The summed E-state index contributed by atoms with van der Waals surface area (Å²) in [6.45, 7) is 9.97. The van der Waals surface area contributed by atoms with Crippen LogP contribution in [0.15, 0.2) is 41.7 Å². The molecule has 1 saturated heterocycles. The number of imidazole rings is 1. The molecule has 1 unspecified atom stereocenters. The second kappa shape index (κ2) is 12.3. The highest BCUT2D eigenvalue weighted by Gasteiger charge is 2.23. The van der Waals surface area contributed by atoms with E-state index < -0.39 is 0 Å². The van der Waals surface area contributed by atoms with E-state index in [0.717, 1.165) is 69.6 Å². The maximum Gasteiger partial charge on any atom is 0.191 e. The average Bonchev–Trinajstić information content (AvgIpc) is 3.46. The summed E-state index contributed by atoms with van der Waals surface area (Å²) < 4.78 is 7.54. The third-order valence-electron chi connectivity index (χ3n) is 5.89. The number of nitrogens with one attached hydrogen (secondary N) is 2. The number of ether oxygens (including phenoxy) is 1. The molecule has 31 heavy (non-hydrogen) atoms. The van der Waals surface area contributed by atoms with Crippen LogP contribution in [0.1, 0.15) is 50.0 Å². The lowest BCUT2D eigenvalue weighted by atomic mass is 10.1. The van der Waals surface area contributed by atoms with Gasteiger partial charge in [-0.1, -0.05) is 12.1 Å². The molecule has 0 saturated carbocycles. The number of hydrogen-bond acceptors (Lipinski definition) is 4. The summed E-state index contributed by atoms with van der Waals surface area (Å²) in [6, 6.07) is 8.75. The highest BCUT2D eigenvalue weighted by atomic mass is 16.5. The molecule has 3 rings (SSSR count). The fourth-order valence-electron chi connectivity index (χ4n) is 4.08. The Hall–Kier alpha value is -2.54. The second-order valence-corrected chi connectivity index (χ2v) is 8.05. The van der Waals surface area contributed by atoms with Crippen molar-refractivity contribution in [3.05, 3.63) is 48.0 Å². The maximum atomic E-state index is 5.33. The third-order valence-corrected chi connectivity index (χ3v) is 5.89. The van der Waals surface area contributed by atoms with Gasteiger partial charge in [-0.05, 0) is 70.3 Å². The fourth-order valence-corrected chi connectivity index (χ4v) is 4.08. The van der Waals surface area contributed by atoms with E-state index in [9.17, 15) is 0 Å². The first-order valence-corrected chi connectivity index (χ1v) is 11.6. The SMILES string of the molecule is CCNC(=NCC(c1ccc(OC)cc1)N1CCCC1)NCCCCn1ccnc1C. The number of guanidine groups is 1. The second-order valence-electron chi connectivity index (χ2n) is 8.05. The monoisotopic (exact) mass is 426 g/mol. The normalized spacial score (nSPS) is 15.8. The molecule has 7 heteroatoms. The van der Waals surface area contributed by atoms with Crippen LogP contribution in [-0.2, 0) is 6.54 Å². The number of benzene rings is 1. The molecule has 7 nitrogen and oxygen atoms in total. The van der Waals surface area contributed by atoms with Crippen LogP contribution in [0, 0.1) is 6.92 Å². The summed E-state index contributed by atoms with van der Waals surface area (Å²) in [4.78, 5) is 11.8. The van der Waals surface area contributed by atoms with Gasteiger partial charge >= 0.3 is 0 Å². The molecule has 1 aliphatic heterocycles. The predicted molar refractivity (Wildman–Crippen MR) is 127 cm³/mol. The van der Waals surface area contributed by atoms with Gasteiger partial charge in [-0.3, -0.25) is 9.89 Å². The van der Waals surface area contributed by atoms with E-state index in [0.29, 0.717) is 6.04 Å². The molecule has 0 aliphatic carbocycles. The standard InChI is InChI=1S/C24H38N6O/c1-4-25-24(27-13-5-6-15-29-18-14-26-20(29)2)28-19-23(30-16-7-8-17-30)21-9-11-22(31-3)12-10-21/h9-12,14,18,23H,4-8,13,15-17,19H2,1-3H3,(H2,25,27,28). The molecule has 0 bridgehead atoms. The van der Waals surface area contributed by atoms with Crippen molar-refractivity contribution in [1.29, 1.82) is 0 Å². The molecule has 0 radical (unpaired) electrons. The number of aromatic nitrogens is 2. The van der Waals surface area contributed by atoms with Crippen LogP contribution < -0.4 is 15.4 Å². The number of methoxy groups -OCH3 is 1. The highest BCUT2D eigenvalue weighted by Crippen LogP contribution is 2.27. The molecule has 170 valence electrons. The lowest BCUT2D eigenvalue weighted by molar-refractivity contribution is 0.251. The maximum absolute atomic E-state index is 5.33. The molecule has 2 N–H and O–H groups in total. The van der Waals surface area contributed by atoms with Crippen molar-refractivity contribution in [2.45, 2.75) is 52.1 Å². The number of hydrogen-bond donors (Lipinski definition) is 2. The number of nitrogens with zero attached hydrogens (tertiary/aromatic N) is 4. The van der Waals surface area contributed by atoms with Gasteiger partial charge in [-0.15, -0.1) is 0 Å². The quantitative estimate of drug-likeness (QED) is 0.328. The van der Waals surface area contributed by atoms with E-state index in [2.05, 4.69) is 44.1 Å². The number of rotatable bonds is 11. The molecular weight excluding hydrogens is 388 g/mol. The van der Waals surface area contributed by atoms with Gasteiger partial charge in [0.2, 0.25) is 0 Å². The zero-order valence-corrected chi connectivity index (χ0v) is 19.3. The number of aryl methyl sites for hydroxylation is 2. The van der Waals surface area contributed by atoms with Gasteiger partial charge in [0, 0.05) is 32.0 Å². The number of likely N-dealkylation sites (tertiary alicyclic amines) is 1. The van der Waals surface area contributed by atoms with Crippen molar-refractivity contribution in [1.82, 2.24) is 25.1 Å². The lowest BCUT2D eigenvalue weighted by Crippen LogP contribution is -2.39. The van der Waals surface area contributed by atoms with E-state index in [-0.39, 0.29) is 0 Å². The van der Waals surface area contributed by atoms with Crippen molar-refractivity contribution in [2.75, 3.05) is 39.8 Å². The highest BCUT2D eigenvalue weighted by molar-refractivity contribution is 5.79. The first kappa shape index (κ1) is 23.1. The summed E-state index contributed by atoms with van der Waals surface area (Å²) in [5.41, 5.74) is 1.30. The first-order chi connectivity index (χ1) is 15.2. The molecule has 1 aromatic heterocycles. The third kappa shape index (κ3) is 6.99. The smallest absolute Gasteiger partial charge is 0.191 e. The van der Waals surface area contributed by atoms with E-state index in [1.54, 1.807) is 7.11 Å². The van der Waals surface area contributed by atoms with Gasteiger partial charge in [0.05, 0.1) is 19.7 Å². The van der Waals surface area contributed by atoms with Crippen LogP contribution in [0.4, 0.5) is 0 Å². The van der Waals surface area contributed by atoms with E-state index in [1.165, 1.54) is 18.4 Å². The topological polar surface area (TPSA) is 66.7 Å². The van der Waals surface area contributed by atoms with Crippen LogP contribution in [0.25, 0.3) is 0 Å². The lowest BCUT2D eigenvalue weighted by Gasteiger charge is -2.27. The summed E-state index contributed by atoms with van der Waals surface area (Å²) in [7, 11) is 1.71. The van der Waals surface area contributed by atoms with Crippen LogP contribution in [0.2, 0.25) is 0 Å². The Labute approximate surface area is 186 Å². The molecule has 1 fully saturated rings. The molecule has 0 spiro atoms. The van der Waals surface area contributed by atoms with Crippen molar-refractivity contribution >= 4 is 5.96 Å². The molecule has 1 aromatic carbocycles. The van der Waals surface area contributed by atoms with Crippen molar-refractivity contribution in [3.63, 3.8) is 0 Å². The zero-order valence-electron chi connectivity index (χ0n) is 19.3. The van der Waals surface area contributed by atoms with E-state index >= 15 is 0 Å². The minimum Gasteiger partial charge on any atom is -0.497 e. The van der Waals surface area contributed by atoms with Gasteiger partial charge in [0.25, 0.3) is 0 Å². The molecule has 0 amide bonds. The van der Waals surface area contributed by atoms with Crippen LogP contribution in [-0.4, -0.2) is 60.2 Å². The van der Waals surface area contributed by atoms with Crippen molar-refractivity contribution < 1.29 is 4.74 Å².